The number of carbonyl (C=O) groups is 4. The largest absolute Gasteiger partial charge is 0.346 e. The highest BCUT2D eigenvalue weighted by Crippen LogP contribution is 2.34. The molecule has 4 amide bonds. The highest BCUT2D eigenvalue weighted by molar-refractivity contribution is 7.18. The normalized spacial score (nSPS) is 21.7. The predicted molar refractivity (Wildman–Crippen MR) is 132 cm³/mol. The van der Waals surface area contributed by atoms with Crippen molar-refractivity contribution in [2.75, 3.05) is 13.1 Å². The number of carbonyl (C=O) groups excluding carboxylic acids is 4. The van der Waals surface area contributed by atoms with Crippen LogP contribution in [0.1, 0.15) is 60.5 Å². The van der Waals surface area contributed by atoms with Crippen LogP contribution in [-0.4, -0.2) is 68.4 Å². The van der Waals surface area contributed by atoms with E-state index in [-0.39, 0.29) is 55.0 Å². The summed E-state index contributed by atoms with van der Waals surface area (Å²) in [6.07, 6.45) is 1.93. The first-order valence-electron chi connectivity index (χ1n) is 11.6. The molecule has 3 atom stereocenters. The lowest BCUT2D eigenvalue weighted by molar-refractivity contribution is -0.154. The van der Waals surface area contributed by atoms with Crippen molar-refractivity contribution in [1.82, 2.24) is 24.9 Å². The third-order valence-electron chi connectivity index (χ3n) is 6.67. The van der Waals surface area contributed by atoms with Crippen LogP contribution < -0.4 is 5.32 Å². The molecule has 0 aromatic carbocycles. The summed E-state index contributed by atoms with van der Waals surface area (Å²) < 4.78 is 2.30. The van der Waals surface area contributed by atoms with Crippen LogP contribution in [0.15, 0.2) is 18.3 Å². The number of hydrogen-bond donors (Lipinski definition) is 1. The van der Waals surface area contributed by atoms with Crippen LogP contribution in [0.5, 0.6) is 0 Å². The van der Waals surface area contributed by atoms with Gasteiger partial charge in [0, 0.05) is 50.8 Å². The molecule has 2 saturated heterocycles. The molecule has 2 aromatic heterocycles. The number of nitrogens with zero attached hydrogens (tertiary/aromatic N) is 4. The van der Waals surface area contributed by atoms with Gasteiger partial charge in [0.25, 0.3) is 5.91 Å². The molecule has 35 heavy (non-hydrogen) atoms. The average molecular weight is 520 g/mol. The van der Waals surface area contributed by atoms with Gasteiger partial charge in [0.1, 0.15) is 6.04 Å². The second-order valence-corrected chi connectivity index (χ2v) is 12.0. The van der Waals surface area contributed by atoms with Gasteiger partial charge in [0.05, 0.1) is 15.3 Å². The Morgan fingerprint density at radius 2 is 1.86 bits per heavy atom. The molecule has 2 aliphatic rings. The second kappa shape index (κ2) is 9.39. The van der Waals surface area contributed by atoms with Gasteiger partial charge in [-0.1, -0.05) is 32.4 Å². The van der Waals surface area contributed by atoms with E-state index >= 15 is 0 Å². The number of aryl methyl sites for hydroxylation is 2. The van der Waals surface area contributed by atoms with Gasteiger partial charge in [-0.2, -0.15) is 5.10 Å². The van der Waals surface area contributed by atoms with Gasteiger partial charge >= 0.3 is 0 Å². The van der Waals surface area contributed by atoms with Crippen LogP contribution in [0, 0.1) is 12.3 Å². The van der Waals surface area contributed by atoms with E-state index in [1.165, 1.54) is 11.3 Å². The molecule has 11 heteroatoms. The van der Waals surface area contributed by atoms with Crippen molar-refractivity contribution in [3.63, 3.8) is 0 Å². The second-order valence-electron chi connectivity index (χ2n) is 10.3. The summed E-state index contributed by atoms with van der Waals surface area (Å²) in [4.78, 5) is 55.3. The quantitative estimate of drug-likeness (QED) is 0.612. The number of rotatable bonds is 5. The zero-order valence-electron chi connectivity index (χ0n) is 20.5. The fraction of sp³-hybridized carbons (Fsp3) is 0.542. The zero-order chi connectivity index (χ0) is 25.7. The molecule has 0 spiro atoms. The fourth-order valence-electron chi connectivity index (χ4n) is 4.91. The van der Waals surface area contributed by atoms with Crippen molar-refractivity contribution >= 4 is 46.6 Å². The van der Waals surface area contributed by atoms with E-state index in [1.807, 2.05) is 40.8 Å². The van der Waals surface area contributed by atoms with Crippen molar-refractivity contribution in [2.24, 2.45) is 12.5 Å². The molecular formula is C24H30ClN5O4S. The number of amides is 4. The molecule has 9 nitrogen and oxygen atoms in total. The van der Waals surface area contributed by atoms with Crippen molar-refractivity contribution < 1.29 is 19.2 Å². The topological polar surface area (TPSA) is 105 Å². The standard InChI is InChI=1S/C24H30ClN5O4S/c1-13-10-17(35-21(13)25)22(33)27-15-12-29(11-14(15)16-8-9-26-28(16)5)23(34)20(24(2,3)4)30-18(31)6-7-19(30)32/h8-10,14-15,20H,6-7,11-12H2,1-5H3,(H,27,33)/t14-,15-,20?/m1/s1. The lowest BCUT2D eigenvalue weighted by Crippen LogP contribution is -2.56. The molecular weight excluding hydrogens is 490 g/mol. The maximum absolute atomic E-state index is 13.8. The lowest BCUT2D eigenvalue weighted by Gasteiger charge is -2.37. The average Bonchev–Trinajstić information content (AvgIpc) is 3.52. The minimum Gasteiger partial charge on any atom is -0.346 e. The highest BCUT2D eigenvalue weighted by Gasteiger charge is 2.49. The molecule has 188 valence electrons. The number of thiophene rings is 1. The number of imide groups is 1. The summed E-state index contributed by atoms with van der Waals surface area (Å²) in [7, 11) is 1.82. The lowest BCUT2D eigenvalue weighted by atomic mass is 9.84. The Morgan fingerprint density at radius 1 is 1.20 bits per heavy atom. The minimum atomic E-state index is -0.912. The maximum atomic E-state index is 13.8. The van der Waals surface area contributed by atoms with Gasteiger partial charge in [-0.05, 0) is 30.0 Å². The number of likely N-dealkylation sites (tertiary alicyclic amines) is 2. The Hall–Kier alpha value is -2.72. The van der Waals surface area contributed by atoms with Gasteiger partial charge in [0.2, 0.25) is 17.7 Å². The van der Waals surface area contributed by atoms with E-state index < -0.39 is 11.5 Å². The number of hydrogen-bond acceptors (Lipinski definition) is 6. The monoisotopic (exact) mass is 519 g/mol. The van der Waals surface area contributed by atoms with Crippen LogP contribution >= 0.6 is 22.9 Å². The summed E-state index contributed by atoms with van der Waals surface area (Å²) >= 11 is 7.38. The van der Waals surface area contributed by atoms with E-state index in [9.17, 15) is 19.2 Å². The van der Waals surface area contributed by atoms with Crippen LogP contribution in [0.4, 0.5) is 0 Å². The SMILES string of the molecule is Cc1cc(C(=O)N[C@@H]2CN(C(=O)C(N3C(=O)CCC3=O)C(C)(C)C)C[C@H]2c2ccnn2C)sc1Cl. The molecule has 1 unspecified atom stereocenters. The number of aromatic nitrogens is 2. The summed E-state index contributed by atoms with van der Waals surface area (Å²) in [6, 6.07) is 2.33. The number of nitrogens with one attached hydrogen (secondary N) is 1. The summed E-state index contributed by atoms with van der Waals surface area (Å²) in [5, 5.41) is 7.34. The van der Waals surface area contributed by atoms with Gasteiger partial charge in [-0.3, -0.25) is 28.8 Å². The summed E-state index contributed by atoms with van der Waals surface area (Å²) in [5.74, 6) is -1.40. The summed E-state index contributed by atoms with van der Waals surface area (Å²) in [6.45, 7) is 7.98. The molecule has 2 fully saturated rings. The third-order valence-corrected chi connectivity index (χ3v) is 8.22. The predicted octanol–water partition coefficient (Wildman–Crippen LogP) is 2.73. The first kappa shape index (κ1) is 25.4. The number of halogens is 1. The Kier molecular flexibility index (Phi) is 6.80. The van der Waals surface area contributed by atoms with Gasteiger partial charge in [0.15, 0.2) is 0 Å². The molecule has 2 aromatic rings. The van der Waals surface area contributed by atoms with Crippen molar-refractivity contribution in [1.29, 1.82) is 0 Å². The molecule has 4 heterocycles. The Labute approximate surface area is 213 Å². The van der Waals surface area contributed by atoms with E-state index in [0.29, 0.717) is 15.8 Å². The third kappa shape index (κ3) is 4.86. The van der Waals surface area contributed by atoms with Gasteiger partial charge < -0.3 is 10.2 Å². The summed E-state index contributed by atoms with van der Waals surface area (Å²) in [5.41, 5.74) is 1.06. The molecule has 0 radical (unpaired) electrons. The molecule has 0 aliphatic carbocycles. The molecule has 0 saturated carbocycles. The molecule has 0 bridgehead atoms. The molecule has 2 aliphatic heterocycles. The van der Waals surface area contributed by atoms with E-state index in [0.717, 1.165) is 16.2 Å². The minimum absolute atomic E-state index is 0.123. The van der Waals surface area contributed by atoms with Crippen LogP contribution in [0.2, 0.25) is 4.34 Å². The van der Waals surface area contributed by atoms with Crippen LogP contribution in [0.25, 0.3) is 0 Å². The van der Waals surface area contributed by atoms with Crippen LogP contribution in [-0.2, 0) is 21.4 Å². The highest BCUT2D eigenvalue weighted by atomic mass is 35.5. The first-order chi connectivity index (χ1) is 16.4. The van der Waals surface area contributed by atoms with Crippen LogP contribution in [0.3, 0.4) is 0 Å². The van der Waals surface area contributed by atoms with Gasteiger partial charge in [-0.25, -0.2) is 0 Å². The molecule has 1 N–H and O–H groups in total. The first-order valence-corrected chi connectivity index (χ1v) is 12.8. The van der Waals surface area contributed by atoms with Crippen molar-refractivity contribution in [3.05, 3.63) is 38.8 Å². The molecule has 4 rings (SSSR count). The Balaban J connectivity index is 1.62. The fourth-order valence-corrected chi connectivity index (χ4v) is 6.02. The Morgan fingerprint density at radius 3 is 2.37 bits per heavy atom. The van der Waals surface area contributed by atoms with E-state index in [1.54, 1.807) is 21.8 Å². The van der Waals surface area contributed by atoms with Gasteiger partial charge in [-0.15, -0.1) is 11.3 Å². The van der Waals surface area contributed by atoms with Crippen molar-refractivity contribution in [2.45, 2.75) is 58.5 Å². The van der Waals surface area contributed by atoms with E-state index in [4.69, 9.17) is 11.6 Å². The smallest absolute Gasteiger partial charge is 0.261 e. The van der Waals surface area contributed by atoms with E-state index in [2.05, 4.69) is 10.4 Å². The maximum Gasteiger partial charge on any atom is 0.261 e. The Bertz CT molecular complexity index is 1150. The van der Waals surface area contributed by atoms with Crippen molar-refractivity contribution in [3.8, 4) is 0 Å². The zero-order valence-corrected chi connectivity index (χ0v) is 22.1.